The van der Waals surface area contributed by atoms with Gasteiger partial charge in [0, 0.05) is 12.4 Å². The van der Waals surface area contributed by atoms with Crippen molar-refractivity contribution < 1.29 is 9.53 Å². The molecule has 19 heavy (non-hydrogen) atoms. The largest absolute Gasteiger partial charge is 0.462 e. The van der Waals surface area contributed by atoms with Crippen molar-refractivity contribution in [1.82, 2.24) is 14.8 Å². The quantitative estimate of drug-likeness (QED) is 0.643. The van der Waals surface area contributed by atoms with Gasteiger partial charge in [-0.25, -0.2) is 14.5 Å². The van der Waals surface area contributed by atoms with Crippen LogP contribution in [-0.4, -0.2) is 27.3 Å². The predicted octanol–water partition coefficient (Wildman–Crippen LogP) is 2.82. The van der Waals surface area contributed by atoms with Crippen LogP contribution in [0.2, 0.25) is 0 Å². The Labute approximate surface area is 119 Å². The van der Waals surface area contributed by atoms with Crippen molar-refractivity contribution in [2.75, 3.05) is 6.61 Å². The van der Waals surface area contributed by atoms with Crippen molar-refractivity contribution in [3.8, 4) is 5.69 Å². The summed E-state index contributed by atoms with van der Waals surface area (Å²) in [6.45, 7) is 5.86. The number of pyridine rings is 1. The molecule has 0 saturated carbocycles. The number of carbonyl (C=O) groups excluding carboxylic acids is 1. The van der Waals surface area contributed by atoms with Crippen LogP contribution in [0.1, 0.15) is 28.5 Å². The second kappa shape index (κ2) is 5.52. The minimum atomic E-state index is -0.350. The third-order valence-corrected chi connectivity index (χ3v) is 3.12. The van der Waals surface area contributed by atoms with E-state index in [0.29, 0.717) is 17.9 Å². The second-order valence-electron chi connectivity index (χ2n) is 4.09. The molecule has 6 heteroatoms. The molecule has 0 aromatic carbocycles. The molecule has 2 aromatic heterocycles. The van der Waals surface area contributed by atoms with E-state index >= 15 is 0 Å². The zero-order valence-corrected chi connectivity index (χ0v) is 12.6. The first-order valence-corrected chi connectivity index (χ1v) is 6.68. The van der Waals surface area contributed by atoms with Gasteiger partial charge in [0.2, 0.25) is 0 Å². The molecule has 0 aliphatic carbocycles. The molecule has 5 nitrogen and oxygen atoms in total. The second-order valence-corrected chi connectivity index (χ2v) is 4.90. The molecule has 0 atom stereocenters. The fourth-order valence-electron chi connectivity index (χ4n) is 1.73. The Bertz CT molecular complexity index is 622. The molecule has 0 bridgehead atoms. The summed E-state index contributed by atoms with van der Waals surface area (Å²) in [6, 6.07) is 1.86. The van der Waals surface area contributed by atoms with Crippen LogP contribution in [-0.2, 0) is 4.74 Å². The number of hydrogen-bond acceptors (Lipinski definition) is 4. The number of rotatable bonds is 3. The Balaban J connectivity index is 2.44. The number of esters is 1. The number of ether oxygens (including phenoxy) is 1. The van der Waals surface area contributed by atoms with Crippen LogP contribution in [0.25, 0.3) is 5.69 Å². The number of aromatic nitrogens is 3. The van der Waals surface area contributed by atoms with Crippen molar-refractivity contribution in [2.45, 2.75) is 20.8 Å². The molecular formula is C13H14BrN3O2. The Morgan fingerprint density at radius 1 is 1.47 bits per heavy atom. The van der Waals surface area contributed by atoms with Crippen molar-refractivity contribution in [3.63, 3.8) is 0 Å². The molecule has 100 valence electrons. The summed E-state index contributed by atoms with van der Waals surface area (Å²) >= 11 is 3.33. The molecule has 0 aliphatic rings. The monoisotopic (exact) mass is 323 g/mol. The van der Waals surface area contributed by atoms with Crippen molar-refractivity contribution >= 4 is 21.9 Å². The summed E-state index contributed by atoms with van der Waals surface area (Å²) in [6.07, 6.45) is 3.43. The molecule has 0 N–H and O–H groups in total. The molecule has 2 rings (SSSR count). The number of carbonyl (C=O) groups is 1. The summed E-state index contributed by atoms with van der Waals surface area (Å²) in [5.41, 5.74) is 2.97. The van der Waals surface area contributed by atoms with E-state index in [2.05, 4.69) is 26.0 Å². The normalized spacial score (nSPS) is 10.5. The van der Waals surface area contributed by atoms with E-state index in [1.54, 1.807) is 30.9 Å². The van der Waals surface area contributed by atoms with Crippen LogP contribution >= 0.6 is 15.9 Å². The van der Waals surface area contributed by atoms with Crippen molar-refractivity contribution in [2.24, 2.45) is 0 Å². The summed E-state index contributed by atoms with van der Waals surface area (Å²) in [5.74, 6) is -0.350. The van der Waals surface area contributed by atoms with Gasteiger partial charge < -0.3 is 4.74 Å². The third-order valence-electron chi connectivity index (χ3n) is 2.68. The molecule has 0 radical (unpaired) electrons. The summed E-state index contributed by atoms with van der Waals surface area (Å²) in [7, 11) is 0. The van der Waals surface area contributed by atoms with E-state index < -0.39 is 0 Å². The number of halogens is 1. The molecule has 0 spiro atoms. The molecule has 2 heterocycles. The lowest BCUT2D eigenvalue weighted by Crippen LogP contribution is -2.04. The first-order chi connectivity index (χ1) is 9.02. The van der Waals surface area contributed by atoms with Crippen LogP contribution in [0.15, 0.2) is 23.1 Å². The van der Waals surface area contributed by atoms with E-state index in [1.807, 2.05) is 13.0 Å². The van der Waals surface area contributed by atoms with Crippen LogP contribution in [0.5, 0.6) is 0 Å². The lowest BCUT2D eigenvalue weighted by molar-refractivity contribution is 0.0525. The third kappa shape index (κ3) is 2.84. The highest BCUT2D eigenvalue weighted by molar-refractivity contribution is 9.10. The van der Waals surface area contributed by atoms with Gasteiger partial charge in [0.15, 0.2) is 0 Å². The summed E-state index contributed by atoms with van der Waals surface area (Å²) in [4.78, 5) is 15.9. The standard InChI is InChI=1S/C13H14BrN3O2/c1-4-19-13(18)10-7-17(16-9(10)3)11-5-12(14)15-6-8(11)2/h5-7H,4H2,1-3H3. The highest BCUT2D eigenvalue weighted by Gasteiger charge is 2.16. The average Bonchev–Trinajstić information content (AvgIpc) is 2.74. The van der Waals surface area contributed by atoms with Gasteiger partial charge in [0.25, 0.3) is 0 Å². The number of nitrogens with zero attached hydrogens (tertiary/aromatic N) is 3. The van der Waals surface area contributed by atoms with Gasteiger partial charge >= 0.3 is 5.97 Å². The first kappa shape index (κ1) is 13.7. The number of aryl methyl sites for hydroxylation is 2. The van der Waals surface area contributed by atoms with Gasteiger partial charge in [0.1, 0.15) is 10.2 Å². The smallest absolute Gasteiger partial charge is 0.341 e. The molecule has 0 unspecified atom stereocenters. The van der Waals surface area contributed by atoms with Crippen LogP contribution in [0, 0.1) is 13.8 Å². The van der Waals surface area contributed by atoms with Crippen LogP contribution in [0.4, 0.5) is 0 Å². The Morgan fingerprint density at radius 2 is 2.21 bits per heavy atom. The zero-order chi connectivity index (χ0) is 14.0. The lowest BCUT2D eigenvalue weighted by Gasteiger charge is -2.05. The maximum Gasteiger partial charge on any atom is 0.341 e. The van der Waals surface area contributed by atoms with E-state index in [9.17, 15) is 4.79 Å². The molecule has 2 aromatic rings. The SMILES string of the molecule is CCOC(=O)c1cn(-c2cc(Br)ncc2C)nc1C. The van der Waals surface area contributed by atoms with Gasteiger partial charge in [-0.1, -0.05) is 0 Å². The van der Waals surface area contributed by atoms with Gasteiger partial charge in [0.05, 0.1) is 18.0 Å². The minimum absolute atomic E-state index is 0.350. The Morgan fingerprint density at radius 3 is 2.89 bits per heavy atom. The highest BCUT2D eigenvalue weighted by atomic mass is 79.9. The van der Waals surface area contributed by atoms with Crippen molar-refractivity contribution in [1.29, 1.82) is 0 Å². The van der Waals surface area contributed by atoms with Gasteiger partial charge in [-0.3, -0.25) is 0 Å². The molecule has 0 amide bonds. The molecule has 0 saturated heterocycles. The number of hydrogen-bond donors (Lipinski definition) is 0. The van der Waals surface area contributed by atoms with Crippen LogP contribution < -0.4 is 0 Å². The fourth-order valence-corrected chi connectivity index (χ4v) is 2.05. The Hall–Kier alpha value is -1.69. The predicted molar refractivity (Wildman–Crippen MR) is 74.5 cm³/mol. The topological polar surface area (TPSA) is 57.0 Å². The fraction of sp³-hybridized carbons (Fsp3) is 0.308. The summed E-state index contributed by atoms with van der Waals surface area (Å²) < 4.78 is 7.39. The van der Waals surface area contributed by atoms with Gasteiger partial charge in [-0.2, -0.15) is 5.10 Å². The van der Waals surface area contributed by atoms with Gasteiger partial charge in [-0.05, 0) is 48.3 Å². The first-order valence-electron chi connectivity index (χ1n) is 5.88. The zero-order valence-electron chi connectivity index (χ0n) is 11.0. The molecular weight excluding hydrogens is 310 g/mol. The summed E-state index contributed by atoms with van der Waals surface area (Å²) in [5, 5.41) is 4.35. The Kier molecular flexibility index (Phi) is 3.99. The van der Waals surface area contributed by atoms with Crippen LogP contribution in [0.3, 0.4) is 0 Å². The molecule has 0 aliphatic heterocycles. The maximum atomic E-state index is 11.8. The minimum Gasteiger partial charge on any atom is -0.462 e. The molecule has 0 fully saturated rings. The maximum absolute atomic E-state index is 11.8. The van der Waals surface area contributed by atoms with E-state index in [-0.39, 0.29) is 5.97 Å². The average molecular weight is 324 g/mol. The highest BCUT2D eigenvalue weighted by Crippen LogP contribution is 2.19. The van der Waals surface area contributed by atoms with E-state index in [1.165, 1.54) is 0 Å². The van der Waals surface area contributed by atoms with Gasteiger partial charge in [-0.15, -0.1) is 0 Å². The lowest BCUT2D eigenvalue weighted by atomic mass is 10.2. The van der Waals surface area contributed by atoms with E-state index in [4.69, 9.17) is 4.74 Å². The van der Waals surface area contributed by atoms with E-state index in [0.717, 1.165) is 15.9 Å². The van der Waals surface area contributed by atoms with Crippen molar-refractivity contribution in [3.05, 3.63) is 39.9 Å².